The molecule has 1 atom stereocenters. The molecule has 7 nitrogen and oxygen atoms in total. The van der Waals surface area contributed by atoms with E-state index in [1.807, 2.05) is 0 Å². The van der Waals surface area contributed by atoms with Crippen molar-refractivity contribution in [1.82, 2.24) is 9.62 Å². The zero-order valence-corrected chi connectivity index (χ0v) is 17.4. The number of hydrogen-bond acceptors (Lipinski definition) is 5. The molecule has 0 radical (unpaired) electrons. The number of alkyl halides is 3. The Morgan fingerprint density at radius 3 is 2.39 bits per heavy atom. The molecule has 1 fully saturated rings. The van der Waals surface area contributed by atoms with Gasteiger partial charge in [0, 0.05) is 18.7 Å². The molecular weight excluding hydrogens is 437 g/mol. The molecule has 0 aliphatic carbocycles. The molecule has 0 spiro atoms. The third-order valence-electron chi connectivity index (χ3n) is 4.67. The molecule has 1 unspecified atom stereocenters. The highest BCUT2D eigenvalue weighted by Gasteiger charge is 2.31. The summed E-state index contributed by atoms with van der Waals surface area (Å²) in [6.45, 7) is 2.76. The summed E-state index contributed by atoms with van der Waals surface area (Å²) >= 11 is 0. The molecule has 1 N–H and O–H groups in total. The van der Waals surface area contributed by atoms with Crippen molar-refractivity contribution < 1.29 is 35.9 Å². The van der Waals surface area contributed by atoms with E-state index in [1.54, 1.807) is 6.92 Å². The minimum atomic E-state index is -4.78. The van der Waals surface area contributed by atoms with E-state index in [0.717, 1.165) is 12.1 Å². The highest BCUT2D eigenvalue weighted by Crippen LogP contribution is 2.25. The molecule has 1 aliphatic heterocycles. The number of nitrogens with zero attached hydrogens (tertiary/aromatic N) is 1. The molecule has 1 heterocycles. The molecule has 31 heavy (non-hydrogen) atoms. The van der Waals surface area contributed by atoms with Gasteiger partial charge in [-0.2, -0.15) is 4.31 Å². The van der Waals surface area contributed by atoms with Crippen LogP contribution in [0.25, 0.3) is 0 Å². The third-order valence-corrected chi connectivity index (χ3v) is 6.56. The van der Waals surface area contributed by atoms with Crippen LogP contribution in [0.4, 0.5) is 13.2 Å². The Labute approximate surface area is 177 Å². The first-order valence-corrected chi connectivity index (χ1v) is 10.8. The fourth-order valence-corrected chi connectivity index (χ4v) is 4.51. The zero-order chi connectivity index (χ0) is 22.6. The molecule has 0 aromatic heterocycles. The normalized spacial score (nSPS) is 16.5. The van der Waals surface area contributed by atoms with Gasteiger partial charge in [0.1, 0.15) is 5.75 Å². The minimum Gasteiger partial charge on any atom is -0.406 e. The number of carbonyl (C=O) groups excluding carboxylic acids is 1. The van der Waals surface area contributed by atoms with Gasteiger partial charge in [0.25, 0.3) is 5.91 Å². The number of amides is 1. The van der Waals surface area contributed by atoms with Crippen LogP contribution < -0.4 is 10.1 Å². The van der Waals surface area contributed by atoms with E-state index in [9.17, 15) is 26.4 Å². The molecule has 2 aromatic carbocycles. The molecule has 0 bridgehead atoms. The van der Waals surface area contributed by atoms with E-state index < -0.39 is 28.3 Å². The van der Waals surface area contributed by atoms with Crippen LogP contribution in [0, 0.1) is 0 Å². The van der Waals surface area contributed by atoms with Gasteiger partial charge in [0.2, 0.25) is 10.0 Å². The van der Waals surface area contributed by atoms with E-state index >= 15 is 0 Å². The van der Waals surface area contributed by atoms with Gasteiger partial charge in [0.15, 0.2) is 0 Å². The Kier molecular flexibility index (Phi) is 6.87. The molecule has 1 amide bonds. The second kappa shape index (κ2) is 9.25. The Bertz CT molecular complexity index is 1020. The summed E-state index contributed by atoms with van der Waals surface area (Å²) in [5.74, 6) is -0.877. The summed E-state index contributed by atoms with van der Waals surface area (Å²) in [6.07, 6.45) is -4.78. The van der Waals surface area contributed by atoms with Crippen LogP contribution in [0.5, 0.6) is 5.75 Å². The summed E-state index contributed by atoms with van der Waals surface area (Å²) in [5.41, 5.74) is 0.707. The van der Waals surface area contributed by atoms with Gasteiger partial charge in [-0.05, 0) is 42.8 Å². The number of ether oxygens (including phenoxy) is 2. The first-order chi connectivity index (χ1) is 14.6. The maximum absolute atomic E-state index is 12.8. The molecule has 0 saturated carbocycles. The van der Waals surface area contributed by atoms with Crippen LogP contribution in [-0.4, -0.2) is 51.3 Å². The summed E-state index contributed by atoms with van der Waals surface area (Å²) in [7, 11) is -3.75. The van der Waals surface area contributed by atoms with Crippen LogP contribution >= 0.6 is 0 Å². The summed E-state index contributed by atoms with van der Waals surface area (Å²) in [6, 6.07) is 10.3. The van der Waals surface area contributed by atoms with Gasteiger partial charge in [-0.1, -0.05) is 18.2 Å². The van der Waals surface area contributed by atoms with Crippen LogP contribution in [0.2, 0.25) is 0 Å². The zero-order valence-electron chi connectivity index (χ0n) is 16.6. The molecule has 1 saturated heterocycles. The molecule has 1 aliphatic rings. The van der Waals surface area contributed by atoms with Crippen molar-refractivity contribution in [2.24, 2.45) is 0 Å². The van der Waals surface area contributed by atoms with E-state index in [-0.39, 0.29) is 29.3 Å². The van der Waals surface area contributed by atoms with E-state index in [2.05, 4.69) is 10.1 Å². The van der Waals surface area contributed by atoms with Crippen LogP contribution in [0.3, 0.4) is 0 Å². The van der Waals surface area contributed by atoms with E-state index in [0.29, 0.717) is 18.8 Å². The summed E-state index contributed by atoms with van der Waals surface area (Å²) in [5, 5.41) is 2.71. The Hall–Kier alpha value is -2.63. The van der Waals surface area contributed by atoms with Gasteiger partial charge < -0.3 is 14.8 Å². The number of carbonyl (C=O) groups is 1. The lowest BCUT2D eigenvalue weighted by Gasteiger charge is -2.26. The van der Waals surface area contributed by atoms with Crippen molar-refractivity contribution in [2.75, 3.05) is 26.3 Å². The number of morpholine rings is 1. The molecule has 168 valence electrons. The number of rotatable bonds is 6. The lowest BCUT2D eigenvalue weighted by Crippen LogP contribution is -2.40. The topological polar surface area (TPSA) is 84.9 Å². The number of hydrogen-bond donors (Lipinski definition) is 1. The van der Waals surface area contributed by atoms with Crippen LogP contribution in [0.15, 0.2) is 53.4 Å². The highest BCUT2D eigenvalue weighted by atomic mass is 32.2. The molecule has 3 rings (SSSR count). The van der Waals surface area contributed by atoms with Gasteiger partial charge in [-0.25, -0.2) is 8.42 Å². The minimum absolute atomic E-state index is 0.00311. The quantitative estimate of drug-likeness (QED) is 0.719. The van der Waals surface area contributed by atoms with Crippen molar-refractivity contribution in [3.63, 3.8) is 0 Å². The second-order valence-corrected chi connectivity index (χ2v) is 8.79. The fourth-order valence-electron chi connectivity index (χ4n) is 3.06. The average Bonchev–Trinajstić information content (AvgIpc) is 2.73. The molecule has 2 aromatic rings. The number of benzene rings is 2. The average molecular weight is 458 g/mol. The van der Waals surface area contributed by atoms with E-state index in [1.165, 1.54) is 40.7 Å². The highest BCUT2D eigenvalue weighted by molar-refractivity contribution is 7.89. The first kappa shape index (κ1) is 23.0. The lowest BCUT2D eigenvalue weighted by atomic mass is 10.1. The van der Waals surface area contributed by atoms with Gasteiger partial charge in [-0.3, -0.25) is 4.79 Å². The Morgan fingerprint density at radius 1 is 1.13 bits per heavy atom. The summed E-state index contributed by atoms with van der Waals surface area (Å²) in [4.78, 5) is 12.6. The third kappa shape index (κ3) is 5.96. The smallest absolute Gasteiger partial charge is 0.406 e. The summed E-state index contributed by atoms with van der Waals surface area (Å²) < 4.78 is 72.7. The second-order valence-electron chi connectivity index (χ2n) is 6.86. The molecular formula is C20H21F3N2O5S. The first-order valence-electron chi connectivity index (χ1n) is 9.41. The SMILES string of the molecule is CC(NC(=O)c1cccc(S(=O)(=O)N2CCOCC2)c1)c1ccc(OC(F)(F)F)cc1. The number of sulfonamides is 1. The monoisotopic (exact) mass is 458 g/mol. The predicted molar refractivity (Wildman–Crippen MR) is 105 cm³/mol. The van der Waals surface area contributed by atoms with Crippen molar-refractivity contribution in [1.29, 1.82) is 0 Å². The largest absolute Gasteiger partial charge is 0.573 e. The number of nitrogens with one attached hydrogen (secondary N) is 1. The predicted octanol–water partition coefficient (Wildman–Crippen LogP) is 3.10. The Balaban J connectivity index is 1.70. The maximum Gasteiger partial charge on any atom is 0.573 e. The van der Waals surface area contributed by atoms with Gasteiger partial charge >= 0.3 is 6.36 Å². The van der Waals surface area contributed by atoms with Gasteiger partial charge in [0.05, 0.1) is 24.2 Å². The van der Waals surface area contributed by atoms with Crippen molar-refractivity contribution >= 4 is 15.9 Å². The Morgan fingerprint density at radius 2 is 1.77 bits per heavy atom. The van der Waals surface area contributed by atoms with Gasteiger partial charge in [-0.15, -0.1) is 13.2 Å². The van der Waals surface area contributed by atoms with Crippen LogP contribution in [-0.2, 0) is 14.8 Å². The fraction of sp³-hybridized carbons (Fsp3) is 0.350. The van der Waals surface area contributed by atoms with Crippen molar-refractivity contribution in [2.45, 2.75) is 24.2 Å². The molecule has 11 heteroatoms. The van der Waals surface area contributed by atoms with E-state index in [4.69, 9.17) is 4.74 Å². The lowest BCUT2D eigenvalue weighted by molar-refractivity contribution is -0.274. The maximum atomic E-state index is 12.8. The standard InChI is InChI=1S/C20H21F3N2O5S/c1-14(15-5-7-17(8-6-15)30-20(21,22)23)24-19(26)16-3-2-4-18(13-16)31(27,28)25-9-11-29-12-10-25/h2-8,13-14H,9-12H2,1H3,(H,24,26). The van der Waals surface area contributed by atoms with Crippen molar-refractivity contribution in [3.05, 3.63) is 59.7 Å². The van der Waals surface area contributed by atoms with Crippen LogP contribution in [0.1, 0.15) is 28.9 Å². The van der Waals surface area contributed by atoms with Crippen molar-refractivity contribution in [3.8, 4) is 5.75 Å². The number of halogens is 3.